The predicted octanol–water partition coefficient (Wildman–Crippen LogP) is -2.54. The Bertz CT molecular complexity index is 147. The number of aliphatic hydroxyl groups excluding tert-OH is 2. The molecule has 9 heteroatoms. The summed E-state index contributed by atoms with van der Waals surface area (Å²) in [6.45, 7) is -1.12. The number of carbonyl (C=O) groups is 1. The fraction of sp³-hybridized carbons (Fsp3) is 0.667. The van der Waals surface area contributed by atoms with Crippen molar-refractivity contribution in [1.29, 1.82) is 0 Å². The molecule has 0 heterocycles. The quantitative estimate of drug-likeness (QED) is 0.260. The molecule has 0 aromatic carbocycles. The first-order chi connectivity index (χ1) is 4.81. The van der Waals surface area contributed by atoms with E-state index in [0.717, 1.165) is 0 Å². The summed E-state index contributed by atoms with van der Waals surface area (Å²) in [5.41, 5.74) is 0. The molecule has 5 N–H and O–H groups in total. The van der Waals surface area contributed by atoms with Gasteiger partial charge in [-0.1, -0.05) is 0 Å². The minimum Gasteiger partial charge on any atom is -1.00 e. The van der Waals surface area contributed by atoms with Crippen molar-refractivity contribution in [3.8, 4) is 0 Å². The number of carbonyl (C=O) groups excluding carboxylic acids is 1. The standard InChI is InChI=1S/C3H6O3.Ca.H3O4P.2H/c4-1-3(6)2-5;;1-5(2,3)4;;/h4-5H,1-2H2;;(H3,1,2,3,4);;/q;+2;;2*-1. The number of hydrogen-bond acceptors (Lipinski definition) is 4. The van der Waals surface area contributed by atoms with Gasteiger partial charge in [0.2, 0.25) is 0 Å². The van der Waals surface area contributed by atoms with Crippen LogP contribution in [0, 0.1) is 0 Å². The smallest absolute Gasteiger partial charge is 1.00 e. The third-order valence-corrected chi connectivity index (χ3v) is 0.353. The van der Waals surface area contributed by atoms with Crippen LogP contribution in [-0.2, 0) is 9.36 Å². The van der Waals surface area contributed by atoms with Gasteiger partial charge in [0.1, 0.15) is 13.2 Å². The molecule has 72 valence electrons. The van der Waals surface area contributed by atoms with E-state index in [-0.39, 0.29) is 40.6 Å². The first-order valence-electron chi connectivity index (χ1n) is 2.33. The molecule has 0 radical (unpaired) electrons. The second-order valence-corrected chi connectivity index (χ2v) is 2.39. The van der Waals surface area contributed by atoms with Crippen molar-refractivity contribution < 1.29 is 37.1 Å². The van der Waals surface area contributed by atoms with Crippen LogP contribution in [-0.4, -0.2) is 81.6 Å². The number of rotatable bonds is 2. The topological polar surface area (TPSA) is 135 Å². The van der Waals surface area contributed by atoms with E-state index in [4.69, 9.17) is 29.5 Å². The summed E-state index contributed by atoms with van der Waals surface area (Å²) in [6.07, 6.45) is 0. The van der Waals surface area contributed by atoms with Crippen LogP contribution in [0.25, 0.3) is 0 Å². The van der Waals surface area contributed by atoms with E-state index >= 15 is 0 Å². The van der Waals surface area contributed by atoms with Gasteiger partial charge in [-0.15, -0.1) is 0 Å². The van der Waals surface area contributed by atoms with Gasteiger partial charge >= 0.3 is 45.6 Å². The fourth-order valence-electron chi connectivity index (χ4n) is 0.0500. The largest absolute Gasteiger partial charge is 2.00 e. The minimum absolute atomic E-state index is 0. The van der Waals surface area contributed by atoms with Gasteiger partial charge in [0, 0.05) is 0 Å². The zero-order valence-electron chi connectivity index (χ0n) is 8.12. The number of phosphoric acid groups is 1. The molecule has 0 amide bonds. The van der Waals surface area contributed by atoms with Crippen LogP contribution in [0.2, 0.25) is 0 Å². The van der Waals surface area contributed by atoms with Crippen molar-refractivity contribution in [2.24, 2.45) is 0 Å². The van der Waals surface area contributed by atoms with E-state index in [1.165, 1.54) is 0 Å². The van der Waals surface area contributed by atoms with Crippen LogP contribution < -0.4 is 0 Å². The van der Waals surface area contributed by atoms with Crippen LogP contribution in [0.4, 0.5) is 0 Å². The summed E-state index contributed by atoms with van der Waals surface area (Å²) in [5.74, 6) is -0.546. The average Bonchev–Trinajstić information content (AvgIpc) is 1.83. The van der Waals surface area contributed by atoms with E-state index < -0.39 is 26.8 Å². The van der Waals surface area contributed by atoms with Gasteiger partial charge in [-0.25, -0.2) is 4.57 Å². The Kier molecular flexibility index (Phi) is 15.6. The van der Waals surface area contributed by atoms with Crippen molar-refractivity contribution in [2.75, 3.05) is 13.2 Å². The Balaban J connectivity index is -0.0000000321. The van der Waals surface area contributed by atoms with Crippen molar-refractivity contribution in [3.05, 3.63) is 0 Å². The summed E-state index contributed by atoms with van der Waals surface area (Å²) in [4.78, 5) is 31.2. The van der Waals surface area contributed by atoms with Gasteiger partial charge in [-0.3, -0.25) is 4.79 Å². The molecule has 12 heavy (non-hydrogen) atoms. The van der Waals surface area contributed by atoms with Crippen LogP contribution in [0.5, 0.6) is 0 Å². The number of ketones is 1. The molecule has 0 aliphatic carbocycles. The molecule has 0 saturated carbocycles. The molecule has 0 spiro atoms. The maximum atomic E-state index is 9.68. The summed E-state index contributed by atoms with van der Waals surface area (Å²) >= 11 is 0. The van der Waals surface area contributed by atoms with Gasteiger partial charge in [0.15, 0.2) is 5.78 Å². The van der Waals surface area contributed by atoms with E-state index in [2.05, 4.69) is 0 Å². The summed E-state index contributed by atoms with van der Waals surface area (Å²) in [6, 6.07) is 0. The van der Waals surface area contributed by atoms with Gasteiger partial charge in [-0.2, -0.15) is 0 Å². The molecule has 7 nitrogen and oxygen atoms in total. The number of aliphatic hydroxyl groups is 2. The van der Waals surface area contributed by atoms with Gasteiger partial charge in [0.25, 0.3) is 0 Å². The van der Waals surface area contributed by atoms with Gasteiger partial charge < -0.3 is 27.7 Å². The minimum atomic E-state index is -4.64. The fourth-order valence-corrected chi connectivity index (χ4v) is 0.0500. The Morgan fingerprint density at radius 1 is 1.17 bits per heavy atom. The zero-order chi connectivity index (χ0) is 9.49. The molecule has 0 atom stereocenters. The number of Topliss-reactive ketones (excluding diaryl/α,β-unsaturated/α-hetero) is 1. The van der Waals surface area contributed by atoms with Crippen molar-refractivity contribution in [2.45, 2.75) is 0 Å². The van der Waals surface area contributed by atoms with Gasteiger partial charge in [0.05, 0.1) is 0 Å². The molecule has 0 saturated heterocycles. The van der Waals surface area contributed by atoms with Crippen molar-refractivity contribution in [1.82, 2.24) is 0 Å². The summed E-state index contributed by atoms with van der Waals surface area (Å²) in [5, 5.41) is 15.7. The second kappa shape index (κ2) is 10.0. The first-order valence-corrected chi connectivity index (χ1v) is 3.89. The molecule has 0 unspecified atom stereocenters. The molecular formula is C3H11CaO7P. The maximum absolute atomic E-state index is 9.68. The zero-order valence-corrected chi connectivity index (χ0v) is 9.22. The summed E-state index contributed by atoms with van der Waals surface area (Å²) < 4.78 is 8.88. The molecule has 0 rings (SSSR count). The van der Waals surface area contributed by atoms with Crippen LogP contribution in [0.3, 0.4) is 0 Å². The van der Waals surface area contributed by atoms with Crippen molar-refractivity contribution >= 4 is 51.3 Å². The third kappa shape index (κ3) is 44.2. The predicted molar refractivity (Wildman–Crippen MR) is 41.4 cm³/mol. The molecule has 0 fully saturated rings. The Morgan fingerprint density at radius 2 is 1.33 bits per heavy atom. The normalized spacial score (nSPS) is 9.08. The SMILES string of the molecule is O=C(CO)CO.O=P(O)(O)O.[Ca+2].[H-].[H-]. The van der Waals surface area contributed by atoms with E-state index in [9.17, 15) is 4.79 Å². The van der Waals surface area contributed by atoms with E-state index in [0.29, 0.717) is 0 Å². The monoisotopic (exact) mass is 230 g/mol. The number of hydrogen-bond donors (Lipinski definition) is 5. The van der Waals surface area contributed by atoms with Crippen molar-refractivity contribution in [3.63, 3.8) is 0 Å². The Hall–Kier alpha value is 0.960. The summed E-state index contributed by atoms with van der Waals surface area (Å²) in [7, 11) is -4.64. The third-order valence-electron chi connectivity index (χ3n) is 0.353. The van der Waals surface area contributed by atoms with Crippen LogP contribution in [0.15, 0.2) is 0 Å². The molecule has 0 aliphatic rings. The Labute approximate surface area is 101 Å². The molecular weight excluding hydrogens is 219 g/mol. The van der Waals surface area contributed by atoms with Crippen LogP contribution in [0.1, 0.15) is 2.85 Å². The molecule has 0 aromatic rings. The molecule has 0 aromatic heterocycles. The maximum Gasteiger partial charge on any atom is 2.00 e. The Morgan fingerprint density at radius 3 is 1.33 bits per heavy atom. The van der Waals surface area contributed by atoms with Gasteiger partial charge in [-0.05, 0) is 0 Å². The second-order valence-electron chi connectivity index (χ2n) is 1.37. The van der Waals surface area contributed by atoms with E-state index in [1.807, 2.05) is 0 Å². The molecule has 0 bridgehead atoms. The average molecular weight is 230 g/mol. The molecule has 0 aliphatic heterocycles. The van der Waals surface area contributed by atoms with E-state index in [1.54, 1.807) is 0 Å². The van der Waals surface area contributed by atoms with Crippen LogP contribution >= 0.6 is 7.82 Å². The first kappa shape index (κ1) is 18.7.